The van der Waals surface area contributed by atoms with Crippen molar-refractivity contribution in [3.05, 3.63) is 68.5 Å². The number of hydrogen-bond donors (Lipinski definition) is 1. The van der Waals surface area contributed by atoms with E-state index < -0.39 is 0 Å². The summed E-state index contributed by atoms with van der Waals surface area (Å²) in [5.74, 6) is 0. The second-order valence-electron chi connectivity index (χ2n) is 7.39. The van der Waals surface area contributed by atoms with Crippen LogP contribution in [0.5, 0.6) is 0 Å². The molecule has 118 valence electrons. The van der Waals surface area contributed by atoms with Gasteiger partial charge in [0.15, 0.2) is 0 Å². The summed E-state index contributed by atoms with van der Waals surface area (Å²) in [6.45, 7) is 10.0. The van der Waals surface area contributed by atoms with Crippen molar-refractivity contribution in [3.63, 3.8) is 0 Å². The maximum absolute atomic E-state index is 12.3. The molecule has 0 fully saturated rings. The van der Waals surface area contributed by atoms with Crippen LogP contribution in [0.3, 0.4) is 0 Å². The van der Waals surface area contributed by atoms with Gasteiger partial charge in [0.25, 0.3) is 11.1 Å². The van der Waals surface area contributed by atoms with Crippen LogP contribution in [-0.4, -0.2) is 9.55 Å². The van der Waals surface area contributed by atoms with E-state index in [2.05, 4.69) is 4.98 Å². The summed E-state index contributed by atoms with van der Waals surface area (Å²) >= 11 is 0. The molecule has 2 aromatic rings. The summed E-state index contributed by atoms with van der Waals surface area (Å²) in [5.41, 5.74) is 1.02. The first-order chi connectivity index (χ1) is 10.1. The molecule has 2 heterocycles. The first-order valence-electron chi connectivity index (χ1n) is 7.51. The average molecular weight is 300 g/mol. The van der Waals surface area contributed by atoms with Gasteiger partial charge in [0.05, 0.1) is 0 Å². The van der Waals surface area contributed by atoms with Crippen molar-refractivity contribution in [2.45, 2.75) is 52.0 Å². The number of H-pyrrole nitrogens is 1. The van der Waals surface area contributed by atoms with Crippen molar-refractivity contribution < 1.29 is 0 Å². The molecule has 0 saturated carbocycles. The summed E-state index contributed by atoms with van der Waals surface area (Å²) < 4.78 is 1.72. The monoisotopic (exact) mass is 300 g/mol. The lowest BCUT2D eigenvalue weighted by Crippen LogP contribution is -2.34. The molecule has 2 aromatic heterocycles. The van der Waals surface area contributed by atoms with E-state index in [1.807, 2.05) is 59.0 Å². The zero-order chi connectivity index (χ0) is 16.5. The van der Waals surface area contributed by atoms with E-state index in [4.69, 9.17) is 0 Å². The molecule has 2 rings (SSSR count). The number of nitrogens with one attached hydrogen (secondary N) is 1. The molecule has 0 unspecified atom stereocenters. The second kappa shape index (κ2) is 5.59. The fourth-order valence-corrected chi connectivity index (χ4v) is 2.74. The maximum Gasteiger partial charge on any atom is 0.251 e. The predicted molar refractivity (Wildman–Crippen MR) is 89.5 cm³/mol. The molecule has 0 bridgehead atoms. The molecule has 0 saturated heterocycles. The van der Waals surface area contributed by atoms with Gasteiger partial charge in [0, 0.05) is 29.6 Å². The van der Waals surface area contributed by atoms with Crippen LogP contribution in [0.4, 0.5) is 0 Å². The lowest BCUT2D eigenvalue weighted by molar-refractivity contribution is 0.383. The van der Waals surface area contributed by atoms with Gasteiger partial charge in [0.2, 0.25) is 0 Å². The van der Waals surface area contributed by atoms with E-state index in [0.29, 0.717) is 6.42 Å². The SMILES string of the molecule is CC(C)(Cc1ccn(C(C)(C)C)c(=O)c1)c1ccc[nH]c1=O. The Morgan fingerprint density at radius 2 is 1.77 bits per heavy atom. The first kappa shape index (κ1) is 16.3. The van der Waals surface area contributed by atoms with Crippen LogP contribution in [0.2, 0.25) is 0 Å². The van der Waals surface area contributed by atoms with Crippen LogP contribution in [0.25, 0.3) is 0 Å². The number of rotatable bonds is 3. The topological polar surface area (TPSA) is 54.9 Å². The molecule has 0 spiro atoms. The van der Waals surface area contributed by atoms with Crippen molar-refractivity contribution in [2.75, 3.05) is 0 Å². The van der Waals surface area contributed by atoms with E-state index in [9.17, 15) is 9.59 Å². The minimum Gasteiger partial charge on any atom is -0.329 e. The standard InChI is InChI=1S/C18H24N2O2/c1-17(2,3)20-10-8-13(11-15(20)21)12-18(4,5)14-7-6-9-19-16(14)22/h6-11H,12H2,1-5H3,(H,19,22). The number of nitrogens with zero attached hydrogens (tertiary/aromatic N) is 1. The molecule has 4 heteroatoms. The Bertz CT molecular complexity index is 776. The highest BCUT2D eigenvalue weighted by atomic mass is 16.1. The molecule has 0 atom stereocenters. The van der Waals surface area contributed by atoms with E-state index >= 15 is 0 Å². The van der Waals surface area contributed by atoms with Crippen molar-refractivity contribution in [1.82, 2.24) is 9.55 Å². The van der Waals surface area contributed by atoms with Crippen LogP contribution >= 0.6 is 0 Å². The predicted octanol–water partition coefficient (Wildman–Crippen LogP) is 2.81. The maximum atomic E-state index is 12.3. The van der Waals surface area contributed by atoms with Gasteiger partial charge in [-0.1, -0.05) is 19.9 Å². The molecule has 0 aliphatic rings. The molecular formula is C18H24N2O2. The van der Waals surface area contributed by atoms with Crippen molar-refractivity contribution in [1.29, 1.82) is 0 Å². The van der Waals surface area contributed by atoms with Gasteiger partial charge in [-0.2, -0.15) is 0 Å². The zero-order valence-electron chi connectivity index (χ0n) is 13.9. The van der Waals surface area contributed by atoms with Gasteiger partial charge in [-0.05, 0) is 50.3 Å². The van der Waals surface area contributed by atoms with Gasteiger partial charge in [0.1, 0.15) is 0 Å². The van der Waals surface area contributed by atoms with Gasteiger partial charge in [-0.15, -0.1) is 0 Å². The summed E-state index contributed by atoms with van der Waals surface area (Å²) in [4.78, 5) is 27.0. The summed E-state index contributed by atoms with van der Waals surface area (Å²) in [5, 5.41) is 0. The third kappa shape index (κ3) is 3.38. The summed E-state index contributed by atoms with van der Waals surface area (Å²) in [6.07, 6.45) is 4.11. The van der Waals surface area contributed by atoms with Crippen LogP contribution in [-0.2, 0) is 17.4 Å². The van der Waals surface area contributed by atoms with Gasteiger partial charge < -0.3 is 9.55 Å². The van der Waals surface area contributed by atoms with Gasteiger partial charge in [-0.3, -0.25) is 9.59 Å². The third-order valence-corrected chi connectivity index (χ3v) is 3.90. The first-order valence-corrected chi connectivity index (χ1v) is 7.51. The Morgan fingerprint density at radius 3 is 2.32 bits per heavy atom. The summed E-state index contributed by atoms with van der Waals surface area (Å²) in [6, 6.07) is 7.31. The minimum absolute atomic E-state index is 0.0113. The van der Waals surface area contributed by atoms with Gasteiger partial charge >= 0.3 is 0 Å². The Hall–Kier alpha value is -2.10. The Balaban J connectivity index is 2.35. The molecule has 0 aliphatic heterocycles. The van der Waals surface area contributed by atoms with Gasteiger partial charge in [-0.25, -0.2) is 0 Å². The third-order valence-electron chi connectivity index (χ3n) is 3.90. The quantitative estimate of drug-likeness (QED) is 0.947. The fraction of sp³-hybridized carbons (Fsp3) is 0.444. The number of aromatic amines is 1. The Kier molecular flexibility index (Phi) is 4.14. The van der Waals surface area contributed by atoms with Crippen LogP contribution < -0.4 is 11.1 Å². The minimum atomic E-state index is -0.338. The normalized spacial score (nSPS) is 12.4. The summed E-state index contributed by atoms with van der Waals surface area (Å²) in [7, 11) is 0. The Morgan fingerprint density at radius 1 is 1.09 bits per heavy atom. The molecular weight excluding hydrogens is 276 g/mol. The molecule has 22 heavy (non-hydrogen) atoms. The molecule has 0 amide bonds. The number of hydrogen-bond acceptors (Lipinski definition) is 2. The van der Waals surface area contributed by atoms with Crippen LogP contribution in [0, 0.1) is 0 Å². The fourth-order valence-electron chi connectivity index (χ4n) is 2.74. The van der Waals surface area contributed by atoms with Crippen LogP contribution in [0.1, 0.15) is 45.7 Å². The molecule has 4 nitrogen and oxygen atoms in total. The lowest BCUT2D eigenvalue weighted by atomic mass is 9.80. The highest BCUT2D eigenvalue weighted by Crippen LogP contribution is 2.24. The van der Waals surface area contributed by atoms with Crippen molar-refractivity contribution in [3.8, 4) is 0 Å². The van der Waals surface area contributed by atoms with E-state index in [0.717, 1.165) is 11.1 Å². The van der Waals surface area contributed by atoms with Crippen LogP contribution in [0.15, 0.2) is 46.2 Å². The number of aromatic nitrogens is 2. The second-order valence-corrected chi connectivity index (χ2v) is 7.39. The highest BCUT2D eigenvalue weighted by Gasteiger charge is 2.24. The smallest absolute Gasteiger partial charge is 0.251 e. The zero-order valence-corrected chi connectivity index (χ0v) is 13.9. The highest BCUT2D eigenvalue weighted by molar-refractivity contribution is 5.25. The van der Waals surface area contributed by atoms with E-state index in [1.54, 1.807) is 16.8 Å². The van der Waals surface area contributed by atoms with Crippen molar-refractivity contribution >= 4 is 0 Å². The lowest BCUT2D eigenvalue weighted by Gasteiger charge is -2.26. The van der Waals surface area contributed by atoms with E-state index in [-0.39, 0.29) is 22.1 Å². The average Bonchev–Trinajstić information content (AvgIpc) is 2.36. The largest absolute Gasteiger partial charge is 0.329 e. The number of pyridine rings is 2. The molecule has 0 radical (unpaired) electrons. The van der Waals surface area contributed by atoms with E-state index in [1.165, 1.54) is 0 Å². The molecule has 0 aromatic carbocycles. The Labute approximate surface area is 130 Å². The molecule has 1 N–H and O–H groups in total. The van der Waals surface area contributed by atoms with Crippen molar-refractivity contribution in [2.24, 2.45) is 0 Å². The molecule has 0 aliphatic carbocycles.